The van der Waals surface area contributed by atoms with Gasteiger partial charge in [-0.05, 0) is 29.8 Å². The standard InChI is InChI=1S/C17H15NO5S/c19-16(9-24-15-4-2-1-3-12(15)17(20)21)18-8-11-5-6-13-14(7-11)23-10-22-13/h1-7H,8-10H2,(H,18,19)(H,20,21). The van der Waals surface area contributed by atoms with Crippen molar-refractivity contribution in [2.75, 3.05) is 12.5 Å². The van der Waals surface area contributed by atoms with Gasteiger partial charge in [-0.1, -0.05) is 18.2 Å². The van der Waals surface area contributed by atoms with Gasteiger partial charge < -0.3 is 19.9 Å². The molecule has 0 aromatic heterocycles. The summed E-state index contributed by atoms with van der Waals surface area (Å²) in [5, 5.41) is 11.9. The fraction of sp³-hybridized carbons (Fsp3) is 0.176. The second-order valence-electron chi connectivity index (χ2n) is 5.05. The molecule has 1 amide bonds. The van der Waals surface area contributed by atoms with Gasteiger partial charge in [0.05, 0.1) is 11.3 Å². The number of fused-ring (bicyclic) bond motifs is 1. The van der Waals surface area contributed by atoms with Crippen molar-refractivity contribution in [1.82, 2.24) is 5.32 Å². The number of nitrogens with one attached hydrogen (secondary N) is 1. The van der Waals surface area contributed by atoms with Crippen LogP contribution in [-0.4, -0.2) is 29.5 Å². The van der Waals surface area contributed by atoms with Gasteiger partial charge in [-0.3, -0.25) is 4.79 Å². The number of hydrogen-bond donors (Lipinski definition) is 2. The highest BCUT2D eigenvalue weighted by molar-refractivity contribution is 8.00. The summed E-state index contributed by atoms with van der Waals surface area (Å²) in [7, 11) is 0. The van der Waals surface area contributed by atoms with Crippen LogP contribution in [0.2, 0.25) is 0 Å². The van der Waals surface area contributed by atoms with E-state index in [9.17, 15) is 9.59 Å². The fourth-order valence-corrected chi connectivity index (χ4v) is 3.09. The molecule has 0 saturated carbocycles. The Morgan fingerprint density at radius 1 is 1.12 bits per heavy atom. The lowest BCUT2D eigenvalue weighted by atomic mass is 10.2. The summed E-state index contributed by atoms with van der Waals surface area (Å²) >= 11 is 1.20. The van der Waals surface area contributed by atoms with Crippen LogP contribution in [0, 0.1) is 0 Å². The Kier molecular flexibility index (Phi) is 4.90. The SMILES string of the molecule is O=C(CSc1ccccc1C(=O)O)NCc1ccc2c(c1)OCO2. The first-order valence-electron chi connectivity index (χ1n) is 7.24. The first kappa shape index (κ1) is 16.2. The normalized spacial score (nSPS) is 12.0. The van der Waals surface area contributed by atoms with Crippen LogP contribution in [0.3, 0.4) is 0 Å². The lowest BCUT2D eigenvalue weighted by Gasteiger charge is -2.07. The van der Waals surface area contributed by atoms with Gasteiger partial charge in [0.1, 0.15) is 0 Å². The molecule has 2 N–H and O–H groups in total. The molecule has 0 atom stereocenters. The van der Waals surface area contributed by atoms with Crippen LogP contribution in [0.1, 0.15) is 15.9 Å². The number of thioether (sulfide) groups is 1. The third kappa shape index (κ3) is 3.80. The third-order valence-electron chi connectivity index (χ3n) is 3.40. The maximum atomic E-state index is 12.0. The molecule has 2 aromatic rings. The molecule has 3 rings (SSSR count). The van der Waals surface area contributed by atoms with Crippen LogP contribution in [0.15, 0.2) is 47.4 Å². The summed E-state index contributed by atoms with van der Waals surface area (Å²) in [5.74, 6) is 0.351. The predicted octanol–water partition coefficient (Wildman–Crippen LogP) is 2.52. The smallest absolute Gasteiger partial charge is 0.336 e. The summed E-state index contributed by atoms with van der Waals surface area (Å²) < 4.78 is 10.5. The first-order valence-corrected chi connectivity index (χ1v) is 8.22. The molecule has 0 fully saturated rings. The van der Waals surface area contributed by atoms with Gasteiger partial charge >= 0.3 is 5.97 Å². The van der Waals surface area contributed by atoms with Crippen LogP contribution in [0.4, 0.5) is 0 Å². The summed E-state index contributed by atoms with van der Waals surface area (Å²) in [4.78, 5) is 23.7. The van der Waals surface area contributed by atoms with Crippen molar-refractivity contribution in [2.45, 2.75) is 11.4 Å². The number of carboxylic acids is 1. The Bertz CT molecular complexity index is 777. The van der Waals surface area contributed by atoms with E-state index in [0.717, 1.165) is 5.56 Å². The summed E-state index contributed by atoms with van der Waals surface area (Å²) in [6.07, 6.45) is 0. The minimum atomic E-state index is -1.00. The molecule has 1 aliphatic heterocycles. The van der Waals surface area contributed by atoms with E-state index < -0.39 is 5.97 Å². The largest absolute Gasteiger partial charge is 0.478 e. The minimum absolute atomic E-state index is 0.148. The second-order valence-corrected chi connectivity index (χ2v) is 6.07. The number of carbonyl (C=O) groups excluding carboxylic acids is 1. The van der Waals surface area contributed by atoms with Crippen molar-refractivity contribution in [3.63, 3.8) is 0 Å². The molecule has 0 bridgehead atoms. The van der Waals surface area contributed by atoms with Crippen LogP contribution in [0.5, 0.6) is 11.5 Å². The van der Waals surface area contributed by atoms with Crippen molar-refractivity contribution < 1.29 is 24.2 Å². The number of benzene rings is 2. The zero-order chi connectivity index (χ0) is 16.9. The number of rotatable bonds is 6. The lowest BCUT2D eigenvalue weighted by molar-refractivity contribution is -0.118. The van der Waals surface area contributed by atoms with Crippen molar-refractivity contribution >= 4 is 23.6 Å². The zero-order valence-electron chi connectivity index (χ0n) is 12.7. The fourth-order valence-electron chi connectivity index (χ4n) is 2.22. The van der Waals surface area contributed by atoms with Gasteiger partial charge in [0.2, 0.25) is 12.7 Å². The van der Waals surface area contributed by atoms with E-state index in [0.29, 0.717) is 22.9 Å². The van der Waals surface area contributed by atoms with Crippen molar-refractivity contribution in [3.8, 4) is 11.5 Å². The van der Waals surface area contributed by atoms with Gasteiger partial charge in [0.15, 0.2) is 11.5 Å². The number of aromatic carboxylic acids is 1. The highest BCUT2D eigenvalue weighted by Gasteiger charge is 2.14. The van der Waals surface area contributed by atoms with Gasteiger partial charge in [0.25, 0.3) is 0 Å². The molecule has 7 heteroatoms. The maximum absolute atomic E-state index is 12.0. The molecular weight excluding hydrogens is 330 g/mol. The van der Waals surface area contributed by atoms with E-state index in [1.807, 2.05) is 18.2 Å². The van der Waals surface area contributed by atoms with Gasteiger partial charge in [-0.25, -0.2) is 4.79 Å². The van der Waals surface area contributed by atoms with E-state index in [1.165, 1.54) is 17.8 Å². The Morgan fingerprint density at radius 2 is 1.92 bits per heavy atom. The molecule has 0 aliphatic carbocycles. The number of ether oxygens (including phenoxy) is 2. The number of carbonyl (C=O) groups is 2. The topological polar surface area (TPSA) is 84.9 Å². The number of hydrogen-bond acceptors (Lipinski definition) is 5. The van der Waals surface area contributed by atoms with Crippen molar-refractivity contribution in [1.29, 1.82) is 0 Å². The number of amides is 1. The Hall–Kier alpha value is -2.67. The molecule has 0 radical (unpaired) electrons. The highest BCUT2D eigenvalue weighted by Crippen LogP contribution is 2.32. The minimum Gasteiger partial charge on any atom is -0.478 e. The highest BCUT2D eigenvalue weighted by atomic mass is 32.2. The molecule has 24 heavy (non-hydrogen) atoms. The van der Waals surface area contributed by atoms with E-state index in [-0.39, 0.29) is 24.0 Å². The van der Waals surface area contributed by atoms with E-state index in [1.54, 1.807) is 18.2 Å². The molecule has 0 unspecified atom stereocenters. The summed E-state index contributed by atoms with van der Waals surface area (Å²) in [6, 6.07) is 12.1. The van der Waals surface area contributed by atoms with Crippen LogP contribution < -0.4 is 14.8 Å². The molecule has 0 saturated heterocycles. The summed E-state index contributed by atoms with van der Waals surface area (Å²) in [5.41, 5.74) is 1.11. The van der Waals surface area contributed by atoms with Gasteiger partial charge in [0, 0.05) is 11.4 Å². The Balaban J connectivity index is 1.52. The van der Waals surface area contributed by atoms with Gasteiger partial charge in [-0.2, -0.15) is 0 Å². The average molecular weight is 345 g/mol. The monoisotopic (exact) mass is 345 g/mol. The van der Waals surface area contributed by atoms with Crippen molar-refractivity contribution in [3.05, 3.63) is 53.6 Å². The molecule has 1 heterocycles. The average Bonchev–Trinajstić information content (AvgIpc) is 3.06. The zero-order valence-corrected chi connectivity index (χ0v) is 13.5. The van der Waals surface area contributed by atoms with Crippen LogP contribution in [0.25, 0.3) is 0 Å². The molecule has 124 valence electrons. The predicted molar refractivity (Wildman–Crippen MR) is 88.5 cm³/mol. The molecule has 0 spiro atoms. The molecule has 2 aromatic carbocycles. The molecular formula is C17H15NO5S. The first-order chi connectivity index (χ1) is 11.6. The van der Waals surface area contributed by atoms with Crippen LogP contribution >= 0.6 is 11.8 Å². The second kappa shape index (κ2) is 7.27. The third-order valence-corrected chi connectivity index (χ3v) is 4.48. The maximum Gasteiger partial charge on any atom is 0.336 e. The lowest BCUT2D eigenvalue weighted by Crippen LogP contribution is -2.24. The van der Waals surface area contributed by atoms with Gasteiger partial charge in [-0.15, -0.1) is 11.8 Å². The number of carboxylic acid groups (broad SMARTS) is 1. The van der Waals surface area contributed by atoms with E-state index in [4.69, 9.17) is 14.6 Å². The quantitative estimate of drug-likeness (QED) is 0.783. The van der Waals surface area contributed by atoms with E-state index in [2.05, 4.69) is 5.32 Å². The van der Waals surface area contributed by atoms with Crippen LogP contribution in [-0.2, 0) is 11.3 Å². The Labute approximate surface area is 142 Å². The molecule has 6 nitrogen and oxygen atoms in total. The Morgan fingerprint density at radius 3 is 2.75 bits per heavy atom. The van der Waals surface area contributed by atoms with Crippen molar-refractivity contribution in [2.24, 2.45) is 0 Å². The molecule has 1 aliphatic rings. The summed E-state index contributed by atoms with van der Waals surface area (Å²) in [6.45, 7) is 0.585. The van der Waals surface area contributed by atoms with E-state index >= 15 is 0 Å².